The summed E-state index contributed by atoms with van der Waals surface area (Å²) in [7, 11) is 1.80. The van der Waals surface area contributed by atoms with Crippen LogP contribution >= 0.6 is 0 Å². The highest BCUT2D eigenvalue weighted by molar-refractivity contribution is 5.77. The molecule has 1 aromatic heterocycles. The summed E-state index contributed by atoms with van der Waals surface area (Å²) in [6.45, 7) is 3.55. The maximum Gasteiger partial charge on any atom is 0.303 e. The summed E-state index contributed by atoms with van der Waals surface area (Å²) < 4.78 is 1.73. The molecule has 0 saturated carbocycles. The molecule has 0 saturated heterocycles. The van der Waals surface area contributed by atoms with E-state index in [2.05, 4.69) is 15.5 Å². The van der Waals surface area contributed by atoms with Gasteiger partial charge in [0.2, 0.25) is 5.91 Å². The van der Waals surface area contributed by atoms with E-state index in [-0.39, 0.29) is 30.7 Å². The van der Waals surface area contributed by atoms with Crippen LogP contribution in [0, 0.1) is 5.92 Å². The van der Waals surface area contributed by atoms with Crippen LogP contribution in [0.5, 0.6) is 0 Å². The molecule has 0 aliphatic heterocycles. The molecule has 2 atom stereocenters. The number of carbonyl (C=O) groups is 2. The van der Waals surface area contributed by atoms with Gasteiger partial charge in [0.1, 0.15) is 6.33 Å². The fraction of sp³-hybridized carbons (Fsp3) is 0.636. The second kappa shape index (κ2) is 6.13. The normalized spacial score (nSPS) is 13.9. The van der Waals surface area contributed by atoms with Crippen molar-refractivity contribution in [2.75, 3.05) is 0 Å². The van der Waals surface area contributed by atoms with Crippen molar-refractivity contribution in [3.63, 3.8) is 0 Å². The summed E-state index contributed by atoms with van der Waals surface area (Å²) in [5, 5.41) is 19.0. The van der Waals surface area contributed by atoms with Crippen LogP contribution in [0.2, 0.25) is 0 Å². The van der Waals surface area contributed by atoms with Crippen LogP contribution in [0.25, 0.3) is 0 Å². The van der Waals surface area contributed by atoms with Crippen LogP contribution in [0.3, 0.4) is 0 Å². The Kier molecular flexibility index (Phi) is 4.82. The standard InChI is InChI=1S/C11H18N4O3/c1-7(5-10(17)18)4-9(16)13-8(2)11-14-12-6-15(11)3/h6-8H,4-5H2,1-3H3,(H,13,16)(H,17,18). The number of carboxylic acid groups (broad SMARTS) is 1. The molecule has 0 aliphatic carbocycles. The fourth-order valence-corrected chi connectivity index (χ4v) is 1.74. The Bertz CT molecular complexity index is 430. The lowest BCUT2D eigenvalue weighted by atomic mass is 10.0. The summed E-state index contributed by atoms with van der Waals surface area (Å²) in [6, 6.07) is -0.248. The van der Waals surface area contributed by atoms with Crippen LogP contribution < -0.4 is 5.32 Å². The molecule has 18 heavy (non-hydrogen) atoms. The summed E-state index contributed by atoms with van der Waals surface area (Å²) in [5.74, 6) is -0.598. The number of aromatic nitrogens is 3. The Labute approximate surface area is 105 Å². The number of carboxylic acids is 1. The number of nitrogens with one attached hydrogen (secondary N) is 1. The minimum Gasteiger partial charge on any atom is -0.481 e. The second-order valence-electron chi connectivity index (χ2n) is 4.50. The van der Waals surface area contributed by atoms with Crippen molar-refractivity contribution in [3.05, 3.63) is 12.2 Å². The third-order valence-electron chi connectivity index (χ3n) is 2.57. The number of rotatable bonds is 6. The third-order valence-corrected chi connectivity index (χ3v) is 2.57. The monoisotopic (exact) mass is 254 g/mol. The van der Waals surface area contributed by atoms with E-state index >= 15 is 0 Å². The quantitative estimate of drug-likeness (QED) is 0.770. The van der Waals surface area contributed by atoms with E-state index < -0.39 is 5.97 Å². The van der Waals surface area contributed by atoms with Gasteiger partial charge in [-0.05, 0) is 12.8 Å². The number of aliphatic carboxylic acids is 1. The molecule has 1 amide bonds. The Morgan fingerprint density at radius 1 is 1.44 bits per heavy atom. The van der Waals surface area contributed by atoms with Gasteiger partial charge < -0.3 is 15.0 Å². The summed E-state index contributed by atoms with van der Waals surface area (Å²) in [6.07, 6.45) is 1.74. The lowest BCUT2D eigenvalue weighted by Crippen LogP contribution is -2.29. The number of amides is 1. The first kappa shape index (κ1) is 14.1. The van der Waals surface area contributed by atoms with Gasteiger partial charge in [-0.25, -0.2) is 0 Å². The molecular weight excluding hydrogens is 236 g/mol. The topological polar surface area (TPSA) is 97.1 Å². The Hall–Kier alpha value is -1.92. The third kappa shape index (κ3) is 4.15. The van der Waals surface area contributed by atoms with Crippen LogP contribution in [-0.4, -0.2) is 31.7 Å². The molecule has 0 spiro atoms. The lowest BCUT2D eigenvalue weighted by Gasteiger charge is -2.14. The minimum atomic E-state index is -0.892. The fourth-order valence-electron chi connectivity index (χ4n) is 1.74. The Balaban J connectivity index is 2.45. The van der Waals surface area contributed by atoms with Crippen molar-refractivity contribution in [2.45, 2.75) is 32.7 Å². The zero-order valence-electron chi connectivity index (χ0n) is 10.8. The van der Waals surface area contributed by atoms with E-state index in [1.165, 1.54) is 0 Å². The van der Waals surface area contributed by atoms with Gasteiger partial charge in [0.25, 0.3) is 0 Å². The van der Waals surface area contributed by atoms with E-state index in [0.29, 0.717) is 5.82 Å². The molecule has 0 aromatic carbocycles. The SMILES string of the molecule is CC(CC(=O)O)CC(=O)NC(C)c1nncn1C. The number of hydrogen-bond donors (Lipinski definition) is 2. The Morgan fingerprint density at radius 3 is 2.61 bits per heavy atom. The molecule has 1 aromatic rings. The van der Waals surface area contributed by atoms with Crippen molar-refractivity contribution >= 4 is 11.9 Å². The van der Waals surface area contributed by atoms with Crippen molar-refractivity contribution in [2.24, 2.45) is 13.0 Å². The van der Waals surface area contributed by atoms with Gasteiger partial charge in [0.05, 0.1) is 6.04 Å². The molecule has 0 aliphatic rings. The Morgan fingerprint density at radius 2 is 2.11 bits per heavy atom. The van der Waals surface area contributed by atoms with Crippen molar-refractivity contribution in [3.8, 4) is 0 Å². The number of aryl methyl sites for hydroxylation is 1. The average molecular weight is 254 g/mol. The van der Waals surface area contributed by atoms with E-state index in [4.69, 9.17) is 5.11 Å². The first-order valence-corrected chi connectivity index (χ1v) is 5.75. The molecule has 0 fully saturated rings. The predicted molar refractivity (Wildman–Crippen MR) is 63.6 cm³/mol. The summed E-state index contributed by atoms with van der Waals surface area (Å²) in [4.78, 5) is 22.2. The molecule has 2 N–H and O–H groups in total. The van der Waals surface area contributed by atoms with Crippen LogP contribution in [-0.2, 0) is 16.6 Å². The average Bonchev–Trinajstić information content (AvgIpc) is 2.62. The molecule has 1 heterocycles. The number of carbonyl (C=O) groups excluding carboxylic acids is 1. The predicted octanol–water partition coefficient (Wildman–Crippen LogP) is 0.493. The van der Waals surface area contributed by atoms with E-state index in [1.807, 2.05) is 6.92 Å². The van der Waals surface area contributed by atoms with Crippen molar-refractivity contribution in [1.82, 2.24) is 20.1 Å². The zero-order valence-corrected chi connectivity index (χ0v) is 10.8. The van der Waals surface area contributed by atoms with Gasteiger partial charge in [-0.3, -0.25) is 9.59 Å². The van der Waals surface area contributed by atoms with Gasteiger partial charge in [0, 0.05) is 19.9 Å². The van der Waals surface area contributed by atoms with Gasteiger partial charge in [-0.1, -0.05) is 6.92 Å². The van der Waals surface area contributed by atoms with Crippen molar-refractivity contribution < 1.29 is 14.7 Å². The first-order valence-electron chi connectivity index (χ1n) is 5.75. The number of nitrogens with zero attached hydrogens (tertiary/aromatic N) is 3. The van der Waals surface area contributed by atoms with Gasteiger partial charge in [-0.2, -0.15) is 0 Å². The molecule has 7 nitrogen and oxygen atoms in total. The maximum absolute atomic E-state index is 11.7. The van der Waals surface area contributed by atoms with Crippen LogP contribution in [0.1, 0.15) is 38.6 Å². The van der Waals surface area contributed by atoms with Gasteiger partial charge in [0.15, 0.2) is 5.82 Å². The first-order chi connectivity index (χ1) is 8.40. The molecule has 0 bridgehead atoms. The second-order valence-corrected chi connectivity index (χ2v) is 4.50. The summed E-state index contributed by atoms with van der Waals surface area (Å²) >= 11 is 0. The molecule has 100 valence electrons. The molecule has 0 radical (unpaired) electrons. The highest BCUT2D eigenvalue weighted by Crippen LogP contribution is 2.11. The largest absolute Gasteiger partial charge is 0.481 e. The highest BCUT2D eigenvalue weighted by Gasteiger charge is 2.17. The lowest BCUT2D eigenvalue weighted by molar-refractivity contribution is -0.138. The summed E-state index contributed by atoms with van der Waals surface area (Å²) in [5.41, 5.74) is 0. The minimum absolute atomic E-state index is 0.00817. The van der Waals surface area contributed by atoms with Crippen LogP contribution in [0.4, 0.5) is 0 Å². The van der Waals surface area contributed by atoms with Gasteiger partial charge in [-0.15, -0.1) is 10.2 Å². The van der Waals surface area contributed by atoms with Crippen LogP contribution in [0.15, 0.2) is 6.33 Å². The maximum atomic E-state index is 11.7. The van der Waals surface area contributed by atoms with Crippen molar-refractivity contribution in [1.29, 1.82) is 0 Å². The molecule has 7 heteroatoms. The zero-order chi connectivity index (χ0) is 13.7. The molecule has 2 unspecified atom stereocenters. The van der Waals surface area contributed by atoms with E-state index in [0.717, 1.165) is 0 Å². The smallest absolute Gasteiger partial charge is 0.303 e. The number of hydrogen-bond acceptors (Lipinski definition) is 4. The van der Waals surface area contributed by atoms with E-state index in [1.54, 1.807) is 24.9 Å². The van der Waals surface area contributed by atoms with Gasteiger partial charge >= 0.3 is 5.97 Å². The van der Waals surface area contributed by atoms with E-state index in [9.17, 15) is 9.59 Å². The highest BCUT2D eigenvalue weighted by atomic mass is 16.4. The molecular formula is C11H18N4O3. The molecule has 1 rings (SSSR count).